The van der Waals surface area contributed by atoms with Gasteiger partial charge in [-0.2, -0.15) is 18.2 Å². The van der Waals surface area contributed by atoms with Crippen LogP contribution in [0.2, 0.25) is 0 Å². The molecule has 1 unspecified atom stereocenters. The molecule has 0 aliphatic carbocycles. The number of aromatic nitrogens is 2. The van der Waals surface area contributed by atoms with E-state index in [0.717, 1.165) is 0 Å². The van der Waals surface area contributed by atoms with Crippen LogP contribution in [0.1, 0.15) is 29.7 Å². The molecule has 0 saturated carbocycles. The van der Waals surface area contributed by atoms with Gasteiger partial charge in [-0.15, -0.1) is 0 Å². The maximum absolute atomic E-state index is 12.6. The minimum absolute atomic E-state index is 0.118. The SMILES string of the molecule is Cc1nc(CNC(CC(F)(F)F)c2ccccc2)no1. The number of halogens is 3. The quantitative estimate of drug-likeness (QED) is 0.916. The zero-order valence-corrected chi connectivity index (χ0v) is 10.8. The van der Waals surface area contributed by atoms with Gasteiger partial charge in [-0.05, 0) is 5.56 Å². The second kappa shape index (κ2) is 6.04. The second-order valence-electron chi connectivity index (χ2n) is 4.39. The largest absolute Gasteiger partial charge is 0.390 e. The minimum atomic E-state index is -4.25. The minimum Gasteiger partial charge on any atom is -0.340 e. The lowest BCUT2D eigenvalue weighted by Gasteiger charge is -2.20. The predicted octanol–water partition coefficient (Wildman–Crippen LogP) is 3.16. The van der Waals surface area contributed by atoms with Crippen molar-refractivity contribution in [2.24, 2.45) is 0 Å². The van der Waals surface area contributed by atoms with Crippen molar-refractivity contribution in [3.05, 3.63) is 47.6 Å². The average molecular weight is 285 g/mol. The van der Waals surface area contributed by atoms with Crippen LogP contribution in [0.15, 0.2) is 34.9 Å². The molecular formula is C13H14F3N3O. The summed E-state index contributed by atoms with van der Waals surface area (Å²) in [7, 11) is 0. The van der Waals surface area contributed by atoms with Crippen LogP contribution in [-0.4, -0.2) is 16.3 Å². The van der Waals surface area contributed by atoms with Gasteiger partial charge in [0.15, 0.2) is 5.82 Å². The van der Waals surface area contributed by atoms with Crippen molar-refractivity contribution in [2.75, 3.05) is 0 Å². The fourth-order valence-electron chi connectivity index (χ4n) is 1.85. The molecule has 0 amide bonds. The van der Waals surface area contributed by atoms with E-state index in [1.165, 1.54) is 0 Å². The first-order valence-electron chi connectivity index (χ1n) is 6.08. The van der Waals surface area contributed by atoms with E-state index in [2.05, 4.69) is 15.5 Å². The third kappa shape index (κ3) is 4.34. The number of rotatable bonds is 5. The molecular weight excluding hydrogens is 271 g/mol. The van der Waals surface area contributed by atoms with E-state index in [4.69, 9.17) is 4.52 Å². The summed E-state index contributed by atoms with van der Waals surface area (Å²) >= 11 is 0. The van der Waals surface area contributed by atoms with E-state index in [9.17, 15) is 13.2 Å². The van der Waals surface area contributed by atoms with Crippen molar-refractivity contribution in [1.29, 1.82) is 0 Å². The van der Waals surface area contributed by atoms with Crippen molar-refractivity contribution < 1.29 is 17.7 Å². The molecule has 2 rings (SSSR count). The summed E-state index contributed by atoms with van der Waals surface area (Å²) in [5.41, 5.74) is 0.574. The number of nitrogens with zero attached hydrogens (tertiary/aromatic N) is 2. The first kappa shape index (κ1) is 14.5. The number of aryl methyl sites for hydroxylation is 1. The molecule has 7 heteroatoms. The standard InChI is InChI=1S/C13H14F3N3O/c1-9-18-12(19-20-9)8-17-11(7-13(14,15)16)10-5-3-2-4-6-10/h2-6,11,17H,7-8H2,1H3. The predicted molar refractivity (Wildman–Crippen MR) is 65.7 cm³/mol. The molecule has 1 aromatic heterocycles. The Hall–Kier alpha value is -1.89. The lowest BCUT2D eigenvalue weighted by molar-refractivity contribution is -0.140. The highest BCUT2D eigenvalue weighted by molar-refractivity contribution is 5.19. The summed E-state index contributed by atoms with van der Waals surface area (Å²) in [6.45, 7) is 1.74. The Morgan fingerprint density at radius 2 is 1.95 bits per heavy atom. The van der Waals surface area contributed by atoms with E-state index in [1.54, 1.807) is 37.3 Å². The summed E-state index contributed by atoms with van der Waals surface area (Å²) in [4.78, 5) is 3.95. The van der Waals surface area contributed by atoms with Gasteiger partial charge in [-0.1, -0.05) is 35.5 Å². The number of alkyl halides is 3. The number of hydrogen-bond donors (Lipinski definition) is 1. The molecule has 20 heavy (non-hydrogen) atoms. The number of nitrogens with one attached hydrogen (secondary N) is 1. The molecule has 0 saturated heterocycles. The van der Waals surface area contributed by atoms with Gasteiger partial charge in [0.05, 0.1) is 13.0 Å². The molecule has 0 aliphatic heterocycles. The lowest BCUT2D eigenvalue weighted by Crippen LogP contribution is -2.26. The Labute approximate surface area is 114 Å². The van der Waals surface area contributed by atoms with Crippen LogP contribution in [0.25, 0.3) is 0 Å². The summed E-state index contributed by atoms with van der Waals surface area (Å²) in [5, 5.41) is 6.47. The molecule has 108 valence electrons. The monoisotopic (exact) mass is 285 g/mol. The normalized spacial score (nSPS) is 13.4. The van der Waals surface area contributed by atoms with Crippen LogP contribution >= 0.6 is 0 Å². The van der Waals surface area contributed by atoms with Crippen LogP contribution < -0.4 is 5.32 Å². The fraction of sp³-hybridized carbons (Fsp3) is 0.385. The van der Waals surface area contributed by atoms with Crippen LogP contribution in [-0.2, 0) is 6.54 Å². The summed E-state index contributed by atoms with van der Waals surface area (Å²) < 4.78 is 42.7. The zero-order chi connectivity index (χ0) is 14.6. The van der Waals surface area contributed by atoms with Gasteiger partial charge < -0.3 is 9.84 Å². The molecule has 1 heterocycles. The van der Waals surface area contributed by atoms with E-state index in [0.29, 0.717) is 17.3 Å². The highest BCUT2D eigenvalue weighted by Gasteiger charge is 2.32. The summed E-state index contributed by atoms with van der Waals surface area (Å²) in [5.74, 6) is 0.722. The first-order chi connectivity index (χ1) is 9.44. The highest BCUT2D eigenvalue weighted by atomic mass is 19.4. The molecule has 0 bridgehead atoms. The van der Waals surface area contributed by atoms with E-state index in [1.807, 2.05) is 0 Å². The van der Waals surface area contributed by atoms with Gasteiger partial charge in [-0.3, -0.25) is 0 Å². The third-order valence-electron chi connectivity index (χ3n) is 2.71. The van der Waals surface area contributed by atoms with Crippen molar-refractivity contribution in [3.63, 3.8) is 0 Å². The van der Waals surface area contributed by atoms with Crippen molar-refractivity contribution in [3.8, 4) is 0 Å². The van der Waals surface area contributed by atoms with Gasteiger partial charge in [0.2, 0.25) is 5.89 Å². The molecule has 1 aromatic carbocycles. The first-order valence-corrected chi connectivity index (χ1v) is 6.08. The van der Waals surface area contributed by atoms with Crippen LogP contribution in [0.4, 0.5) is 13.2 Å². The van der Waals surface area contributed by atoms with Gasteiger partial charge in [0.1, 0.15) is 0 Å². The molecule has 1 N–H and O–H groups in total. The van der Waals surface area contributed by atoms with Crippen molar-refractivity contribution in [2.45, 2.75) is 32.1 Å². The van der Waals surface area contributed by atoms with E-state index < -0.39 is 18.6 Å². The molecule has 1 atom stereocenters. The molecule has 4 nitrogen and oxygen atoms in total. The Bertz CT molecular complexity index is 539. The fourth-order valence-corrected chi connectivity index (χ4v) is 1.85. The lowest BCUT2D eigenvalue weighted by atomic mass is 10.0. The number of benzene rings is 1. The smallest absolute Gasteiger partial charge is 0.340 e. The van der Waals surface area contributed by atoms with Crippen LogP contribution in [0, 0.1) is 6.92 Å². The maximum Gasteiger partial charge on any atom is 0.390 e. The van der Waals surface area contributed by atoms with Gasteiger partial charge >= 0.3 is 6.18 Å². The highest BCUT2D eigenvalue weighted by Crippen LogP contribution is 2.29. The molecule has 0 fully saturated rings. The van der Waals surface area contributed by atoms with Crippen LogP contribution in [0.5, 0.6) is 0 Å². The van der Waals surface area contributed by atoms with Gasteiger partial charge in [0.25, 0.3) is 0 Å². The van der Waals surface area contributed by atoms with Gasteiger partial charge in [-0.25, -0.2) is 0 Å². The Balaban J connectivity index is 2.07. The maximum atomic E-state index is 12.6. The van der Waals surface area contributed by atoms with Gasteiger partial charge in [0, 0.05) is 13.0 Å². The van der Waals surface area contributed by atoms with E-state index >= 15 is 0 Å². The summed E-state index contributed by atoms with van der Waals surface area (Å²) in [6.07, 6.45) is -5.20. The molecule has 0 aliphatic rings. The third-order valence-corrected chi connectivity index (χ3v) is 2.71. The Morgan fingerprint density at radius 3 is 2.50 bits per heavy atom. The molecule has 0 radical (unpaired) electrons. The van der Waals surface area contributed by atoms with Crippen LogP contribution in [0.3, 0.4) is 0 Å². The number of hydrogen-bond acceptors (Lipinski definition) is 4. The topological polar surface area (TPSA) is 51.0 Å². The van der Waals surface area contributed by atoms with E-state index in [-0.39, 0.29) is 6.54 Å². The molecule has 0 spiro atoms. The second-order valence-corrected chi connectivity index (χ2v) is 4.39. The van der Waals surface area contributed by atoms with Crippen molar-refractivity contribution >= 4 is 0 Å². The molecule has 2 aromatic rings. The average Bonchev–Trinajstić information content (AvgIpc) is 2.80. The Morgan fingerprint density at radius 1 is 1.25 bits per heavy atom. The van der Waals surface area contributed by atoms with Crippen molar-refractivity contribution in [1.82, 2.24) is 15.5 Å². The Kier molecular flexibility index (Phi) is 4.39. The summed E-state index contributed by atoms with van der Waals surface area (Å²) in [6, 6.07) is 7.65. The zero-order valence-electron chi connectivity index (χ0n) is 10.8.